The Morgan fingerprint density at radius 1 is 0.586 bits per heavy atom. The normalized spacial score (nSPS) is 13.8. The molecule has 0 aliphatic heterocycles. The first-order valence-corrected chi connectivity index (χ1v) is 10.8. The summed E-state index contributed by atoms with van der Waals surface area (Å²) in [4.78, 5) is 1.47. The molecule has 0 atom stereocenters. The Balaban J connectivity index is 0.000000370. The van der Waals surface area contributed by atoms with Crippen LogP contribution in [0.4, 0.5) is 30.9 Å². The molecule has 1 N–H and O–H groups in total. The van der Waals surface area contributed by atoms with E-state index in [1.54, 1.807) is 0 Å². The van der Waals surface area contributed by atoms with Crippen LogP contribution < -0.4 is 4.90 Å². The zero-order valence-corrected chi connectivity index (χ0v) is 16.6. The van der Waals surface area contributed by atoms with Gasteiger partial charge in [0.1, 0.15) is 18.8 Å². The summed E-state index contributed by atoms with van der Waals surface area (Å²) in [6, 6.07) is 30.3. The van der Waals surface area contributed by atoms with Gasteiger partial charge in [-0.05, 0) is 19.1 Å². The molecule has 0 fully saturated rings. The van der Waals surface area contributed by atoms with E-state index in [1.165, 1.54) is 27.3 Å². The summed E-state index contributed by atoms with van der Waals surface area (Å²) in [5, 5.41) is 0. The molecule has 29 heavy (non-hydrogen) atoms. The fourth-order valence-corrected chi connectivity index (χ4v) is 2.74. The molecule has 0 heterocycles. The van der Waals surface area contributed by atoms with Crippen molar-refractivity contribution in [3.8, 4) is 0 Å². The Bertz CT molecular complexity index is 842. The maximum atomic E-state index is 9.87. The molecule has 0 aliphatic rings. The van der Waals surface area contributed by atoms with Gasteiger partial charge in [0, 0.05) is 11.1 Å². The molecule has 158 valence electrons. The molecule has 0 aromatic heterocycles. The van der Waals surface area contributed by atoms with Gasteiger partial charge in [-0.3, -0.25) is 4.90 Å². The average Bonchev–Trinajstić information content (AvgIpc) is 2.61. The molecule has 8 heteroatoms. The molecule has 0 saturated heterocycles. The van der Waals surface area contributed by atoms with Crippen LogP contribution in [0.25, 0.3) is 0 Å². The number of halogens is 6. The third-order valence-corrected chi connectivity index (χ3v) is 3.98. The second kappa shape index (κ2) is 8.17. The second-order valence-corrected chi connectivity index (χ2v) is 8.67. The van der Waals surface area contributed by atoms with Gasteiger partial charge < -0.3 is 0 Å². The van der Waals surface area contributed by atoms with Crippen molar-refractivity contribution in [3.63, 3.8) is 0 Å². The van der Waals surface area contributed by atoms with Gasteiger partial charge in [0.15, 0.2) is 0 Å². The summed E-state index contributed by atoms with van der Waals surface area (Å²) < 4.78 is 59.2. The number of hydrogen-bond donors (Lipinski definition) is 1. The number of benzene rings is 3. The Morgan fingerprint density at radius 3 is 1.28 bits per heavy atom. The van der Waals surface area contributed by atoms with Crippen molar-refractivity contribution in [3.05, 3.63) is 102 Å². The molecule has 3 aromatic carbocycles. The van der Waals surface area contributed by atoms with Crippen molar-refractivity contribution in [1.29, 1.82) is 0 Å². The molecular formula is C21H22F6NP. The molecule has 3 rings (SSSR count). The predicted octanol–water partition coefficient (Wildman–Crippen LogP) is 7.29. The topological polar surface area (TPSA) is 4.44 Å². The van der Waals surface area contributed by atoms with Crippen LogP contribution in [-0.2, 0) is 13.1 Å². The van der Waals surface area contributed by atoms with Crippen molar-refractivity contribution < 1.29 is 30.1 Å². The summed E-state index contributed by atoms with van der Waals surface area (Å²) in [5.41, 5.74) is 5.39. The predicted molar refractivity (Wildman–Crippen MR) is 106 cm³/mol. The van der Waals surface area contributed by atoms with Gasteiger partial charge in [-0.25, -0.2) is 0 Å². The maximum absolute atomic E-state index is 10.7. The van der Waals surface area contributed by atoms with E-state index in [2.05, 4.69) is 91.9 Å². The van der Waals surface area contributed by atoms with Crippen molar-refractivity contribution in [2.45, 2.75) is 20.0 Å². The van der Waals surface area contributed by atoms with Crippen LogP contribution in [0.2, 0.25) is 0 Å². The summed E-state index contributed by atoms with van der Waals surface area (Å²) in [7, 11) is -10.7. The van der Waals surface area contributed by atoms with Crippen molar-refractivity contribution in [2.75, 3.05) is 0 Å². The van der Waals surface area contributed by atoms with Crippen LogP contribution in [0.5, 0.6) is 0 Å². The molecule has 0 bridgehead atoms. The van der Waals surface area contributed by atoms with Crippen LogP contribution in [0.1, 0.15) is 16.7 Å². The summed E-state index contributed by atoms with van der Waals surface area (Å²) in [6.45, 7) is 4.13. The first-order chi connectivity index (χ1) is 13.3. The van der Waals surface area contributed by atoms with Crippen molar-refractivity contribution in [1.82, 2.24) is 0 Å². The van der Waals surface area contributed by atoms with Crippen LogP contribution in [0, 0.1) is 6.92 Å². The third-order valence-electron chi connectivity index (χ3n) is 3.98. The minimum absolute atomic E-state index is 0.999. The standard InChI is InChI=1S/C21H21N.F6P/c1-18-12-14-21(15-13-18)22(16-19-8-4-2-5-9-19)17-20-10-6-3-7-11-20;1-7(2,3,4,5)6/h2-15H,16-17H2,1H3;/q;-1/p+1. The first-order valence-electron chi connectivity index (χ1n) is 8.82. The van der Waals surface area contributed by atoms with E-state index in [0.717, 1.165) is 13.1 Å². The number of hydrogen-bond acceptors (Lipinski definition) is 0. The van der Waals surface area contributed by atoms with Gasteiger partial charge in [0.25, 0.3) is 0 Å². The molecule has 0 saturated carbocycles. The van der Waals surface area contributed by atoms with E-state index < -0.39 is 7.81 Å². The van der Waals surface area contributed by atoms with Gasteiger partial charge >= 0.3 is 33.0 Å². The second-order valence-electron chi connectivity index (χ2n) is 6.75. The van der Waals surface area contributed by atoms with E-state index in [9.17, 15) is 25.2 Å². The Hall–Kier alpha value is -2.37. The Kier molecular flexibility index (Phi) is 6.45. The van der Waals surface area contributed by atoms with Crippen molar-refractivity contribution >= 4 is 13.5 Å². The first kappa shape index (κ1) is 22.9. The van der Waals surface area contributed by atoms with Gasteiger partial charge in [0.05, 0.1) is 0 Å². The van der Waals surface area contributed by atoms with E-state index in [0.29, 0.717) is 0 Å². The SMILES string of the molecule is Cc1ccc([NH+](Cc2ccccc2)Cc2ccccc2)cc1.F[P-](F)(F)(F)(F)F. The summed E-state index contributed by atoms with van der Waals surface area (Å²) in [5.74, 6) is 0. The van der Waals surface area contributed by atoms with Crippen molar-refractivity contribution in [2.24, 2.45) is 0 Å². The van der Waals surface area contributed by atoms with E-state index in [4.69, 9.17) is 0 Å². The molecule has 3 aromatic rings. The number of nitrogens with one attached hydrogen (secondary N) is 1. The number of rotatable bonds is 5. The van der Waals surface area contributed by atoms with Gasteiger partial charge in [-0.1, -0.05) is 78.4 Å². The molecule has 0 aliphatic carbocycles. The summed E-state index contributed by atoms with van der Waals surface area (Å²) in [6.07, 6.45) is 0. The Labute approximate surface area is 165 Å². The fraction of sp³-hybridized carbons (Fsp3) is 0.143. The molecule has 1 nitrogen and oxygen atoms in total. The minimum atomic E-state index is -10.7. The Morgan fingerprint density at radius 2 is 0.931 bits per heavy atom. The summed E-state index contributed by atoms with van der Waals surface area (Å²) >= 11 is 0. The van der Waals surface area contributed by atoms with Gasteiger partial charge in [-0.2, -0.15) is 0 Å². The third kappa shape index (κ3) is 11.3. The van der Waals surface area contributed by atoms with E-state index in [1.807, 2.05) is 0 Å². The molecule has 0 amide bonds. The molecule has 0 radical (unpaired) electrons. The van der Waals surface area contributed by atoms with Crippen LogP contribution in [-0.4, -0.2) is 0 Å². The van der Waals surface area contributed by atoms with E-state index in [-0.39, 0.29) is 0 Å². The van der Waals surface area contributed by atoms with E-state index >= 15 is 0 Å². The number of quaternary nitrogens is 1. The number of aryl methyl sites for hydroxylation is 1. The quantitative estimate of drug-likeness (QED) is 0.318. The zero-order valence-electron chi connectivity index (χ0n) is 15.7. The molecular weight excluding hydrogens is 411 g/mol. The van der Waals surface area contributed by atoms with Crippen LogP contribution in [0.15, 0.2) is 84.9 Å². The van der Waals surface area contributed by atoms with Crippen LogP contribution in [0.3, 0.4) is 0 Å². The van der Waals surface area contributed by atoms with Gasteiger partial charge in [-0.15, -0.1) is 0 Å². The van der Waals surface area contributed by atoms with Gasteiger partial charge in [0.2, 0.25) is 0 Å². The molecule has 0 spiro atoms. The molecule has 0 unspecified atom stereocenters. The zero-order chi connectivity index (χ0) is 21.6. The fourth-order valence-electron chi connectivity index (χ4n) is 2.74. The monoisotopic (exact) mass is 433 g/mol. The average molecular weight is 433 g/mol. The van der Waals surface area contributed by atoms with Crippen LogP contribution >= 0.6 is 7.81 Å².